The van der Waals surface area contributed by atoms with Crippen molar-refractivity contribution in [3.8, 4) is 56.7 Å². The first-order valence-corrected chi connectivity index (χ1v) is 21.2. The number of rotatable bonds is 6. The zero-order valence-corrected chi connectivity index (χ0v) is 33.9. The van der Waals surface area contributed by atoms with Crippen molar-refractivity contribution < 1.29 is 4.42 Å². The summed E-state index contributed by atoms with van der Waals surface area (Å²) in [5.74, 6) is 1.72. The van der Waals surface area contributed by atoms with Crippen LogP contribution < -0.4 is 0 Å². The number of fused-ring (bicyclic) bond motifs is 10. The minimum Gasteiger partial charge on any atom is -0.456 e. The standard InChI is InChI=1S/C57H35N5O/c1-4-16-36(17-5-1)39-28-31-49(45(34-39)37-18-6-2-7-19-37)61-48-26-14-11-24-44(48)53-50(61)32-30-43-41-22-10-13-25-47(41)62(54(43)53)57-59-55(38-20-8-3-9-21-38)58-56(60-57)40-29-33-52-46(35-40)42-23-12-15-27-51(42)63-52/h1-35H. The third kappa shape index (κ3) is 5.55. The molecule has 0 bridgehead atoms. The Balaban J connectivity index is 1.12. The lowest BCUT2D eigenvalue weighted by molar-refractivity contribution is 0.669. The maximum Gasteiger partial charge on any atom is 0.238 e. The first-order valence-electron chi connectivity index (χ1n) is 21.2. The van der Waals surface area contributed by atoms with Gasteiger partial charge in [-0.05, 0) is 71.3 Å². The van der Waals surface area contributed by atoms with Gasteiger partial charge in [-0.3, -0.25) is 4.57 Å². The molecule has 4 aromatic heterocycles. The molecule has 0 saturated heterocycles. The summed E-state index contributed by atoms with van der Waals surface area (Å²) in [4.78, 5) is 15.9. The van der Waals surface area contributed by atoms with Gasteiger partial charge < -0.3 is 8.98 Å². The normalized spacial score (nSPS) is 11.8. The number of furan rings is 1. The van der Waals surface area contributed by atoms with E-state index in [0.29, 0.717) is 17.6 Å². The second-order valence-corrected chi connectivity index (χ2v) is 16.0. The van der Waals surface area contributed by atoms with Gasteiger partial charge in [0.1, 0.15) is 11.2 Å². The average molecular weight is 806 g/mol. The summed E-state index contributed by atoms with van der Waals surface area (Å²) in [6, 6.07) is 74.6. The average Bonchev–Trinajstić information content (AvgIpc) is 4.02. The van der Waals surface area contributed by atoms with Crippen LogP contribution in [0.2, 0.25) is 0 Å². The second-order valence-electron chi connectivity index (χ2n) is 16.0. The van der Waals surface area contributed by atoms with E-state index in [4.69, 9.17) is 19.4 Å². The fraction of sp³-hybridized carbons (Fsp3) is 0. The van der Waals surface area contributed by atoms with Gasteiger partial charge in [-0.25, -0.2) is 4.98 Å². The van der Waals surface area contributed by atoms with Crippen molar-refractivity contribution in [2.24, 2.45) is 0 Å². The van der Waals surface area contributed by atoms with Gasteiger partial charge >= 0.3 is 0 Å². The number of nitrogens with zero attached hydrogens (tertiary/aromatic N) is 5. The van der Waals surface area contributed by atoms with Crippen LogP contribution in [-0.2, 0) is 0 Å². The fourth-order valence-corrected chi connectivity index (χ4v) is 9.54. The quantitative estimate of drug-likeness (QED) is 0.168. The molecule has 4 heterocycles. The number of hydrogen-bond donors (Lipinski definition) is 0. The topological polar surface area (TPSA) is 61.7 Å². The molecule has 9 aromatic carbocycles. The lowest BCUT2D eigenvalue weighted by Gasteiger charge is -2.16. The van der Waals surface area contributed by atoms with E-state index >= 15 is 0 Å². The molecule has 6 heteroatoms. The van der Waals surface area contributed by atoms with Crippen molar-refractivity contribution in [3.05, 3.63) is 212 Å². The zero-order valence-electron chi connectivity index (χ0n) is 33.9. The van der Waals surface area contributed by atoms with Crippen LogP contribution in [0.3, 0.4) is 0 Å². The zero-order chi connectivity index (χ0) is 41.4. The van der Waals surface area contributed by atoms with Gasteiger partial charge in [-0.15, -0.1) is 0 Å². The van der Waals surface area contributed by atoms with Crippen LogP contribution in [0.4, 0.5) is 0 Å². The van der Waals surface area contributed by atoms with Crippen LogP contribution in [0.1, 0.15) is 0 Å². The van der Waals surface area contributed by atoms with Crippen molar-refractivity contribution in [1.29, 1.82) is 0 Å². The number of hydrogen-bond acceptors (Lipinski definition) is 4. The highest BCUT2D eigenvalue weighted by molar-refractivity contribution is 6.26. The lowest BCUT2D eigenvalue weighted by atomic mass is 9.97. The van der Waals surface area contributed by atoms with Crippen molar-refractivity contribution in [1.82, 2.24) is 24.1 Å². The molecule has 294 valence electrons. The molecule has 0 amide bonds. The molecule has 0 spiro atoms. The second kappa shape index (κ2) is 14.0. The summed E-state index contributed by atoms with van der Waals surface area (Å²) in [5, 5.41) is 6.59. The fourth-order valence-electron chi connectivity index (χ4n) is 9.54. The molecule has 63 heavy (non-hydrogen) atoms. The maximum atomic E-state index is 6.22. The van der Waals surface area contributed by atoms with Gasteiger partial charge in [0, 0.05) is 49.0 Å². The molecule has 0 fully saturated rings. The van der Waals surface area contributed by atoms with Gasteiger partial charge in [0.15, 0.2) is 11.6 Å². The van der Waals surface area contributed by atoms with Gasteiger partial charge in [-0.2, -0.15) is 9.97 Å². The molecule has 0 atom stereocenters. The molecule has 0 aliphatic carbocycles. The van der Waals surface area contributed by atoms with Crippen LogP contribution in [0.25, 0.3) is 122 Å². The van der Waals surface area contributed by atoms with E-state index in [9.17, 15) is 0 Å². The summed E-state index contributed by atoms with van der Waals surface area (Å²) in [6.45, 7) is 0. The predicted octanol–water partition coefficient (Wildman–Crippen LogP) is 14.6. The molecule has 0 N–H and O–H groups in total. The summed E-state index contributed by atoms with van der Waals surface area (Å²) in [6.07, 6.45) is 0. The molecular weight excluding hydrogens is 771 g/mol. The molecule has 0 saturated carbocycles. The van der Waals surface area contributed by atoms with Gasteiger partial charge in [0.05, 0.1) is 27.8 Å². The van der Waals surface area contributed by atoms with E-state index < -0.39 is 0 Å². The van der Waals surface area contributed by atoms with E-state index in [-0.39, 0.29) is 0 Å². The molecule has 0 aliphatic heterocycles. The highest BCUT2D eigenvalue weighted by Gasteiger charge is 2.24. The lowest BCUT2D eigenvalue weighted by Crippen LogP contribution is -2.06. The van der Waals surface area contributed by atoms with Gasteiger partial charge in [0.25, 0.3) is 0 Å². The van der Waals surface area contributed by atoms with E-state index in [1.54, 1.807) is 0 Å². The summed E-state index contributed by atoms with van der Waals surface area (Å²) >= 11 is 0. The highest BCUT2D eigenvalue weighted by Crippen LogP contribution is 2.44. The van der Waals surface area contributed by atoms with Crippen LogP contribution in [0.15, 0.2) is 217 Å². The molecule has 0 aliphatic rings. The first kappa shape index (κ1) is 35.2. The summed E-state index contributed by atoms with van der Waals surface area (Å²) < 4.78 is 10.9. The van der Waals surface area contributed by atoms with Crippen LogP contribution in [0.5, 0.6) is 0 Å². The third-order valence-electron chi connectivity index (χ3n) is 12.4. The summed E-state index contributed by atoms with van der Waals surface area (Å²) in [7, 11) is 0. The number of benzene rings is 9. The van der Waals surface area contributed by atoms with Crippen LogP contribution >= 0.6 is 0 Å². The first-order chi connectivity index (χ1) is 31.2. The van der Waals surface area contributed by atoms with Crippen LogP contribution in [0, 0.1) is 0 Å². The maximum absolute atomic E-state index is 6.22. The summed E-state index contributed by atoms with van der Waals surface area (Å²) in [5.41, 5.74) is 13.5. The van der Waals surface area contributed by atoms with Crippen molar-refractivity contribution in [2.75, 3.05) is 0 Å². The monoisotopic (exact) mass is 805 g/mol. The molecule has 13 rings (SSSR count). The molecule has 6 nitrogen and oxygen atoms in total. The number of para-hydroxylation sites is 3. The Morgan fingerprint density at radius 1 is 0.333 bits per heavy atom. The minimum atomic E-state index is 0.545. The van der Waals surface area contributed by atoms with Gasteiger partial charge in [0.2, 0.25) is 5.95 Å². The van der Waals surface area contributed by atoms with E-state index in [1.807, 2.05) is 48.5 Å². The largest absolute Gasteiger partial charge is 0.456 e. The Morgan fingerprint density at radius 2 is 0.921 bits per heavy atom. The van der Waals surface area contributed by atoms with Crippen molar-refractivity contribution in [2.45, 2.75) is 0 Å². The minimum absolute atomic E-state index is 0.545. The number of aromatic nitrogens is 5. The highest BCUT2D eigenvalue weighted by atomic mass is 16.3. The molecule has 13 aromatic rings. The third-order valence-corrected chi connectivity index (χ3v) is 12.4. The Kier molecular flexibility index (Phi) is 7.80. The van der Waals surface area contributed by atoms with E-state index in [0.717, 1.165) is 93.5 Å². The Labute approximate surface area is 361 Å². The molecule has 0 radical (unpaired) electrons. The molecular formula is C57H35N5O. The van der Waals surface area contributed by atoms with E-state index in [2.05, 4.69) is 173 Å². The van der Waals surface area contributed by atoms with E-state index in [1.165, 1.54) is 11.1 Å². The predicted molar refractivity (Wildman–Crippen MR) is 258 cm³/mol. The Hall–Kier alpha value is -8.61. The van der Waals surface area contributed by atoms with Crippen molar-refractivity contribution >= 4 is 65.6 Å². The Bertz CT molecular complexity index is 3900. The van der Waals surface area contributed by atoms with Crippen molar-refractivity contribution in [3.63, 3.8) is 0 Å². The Morgan fingerprint density at radius 3 is 1.68 bits per heavy atom. The smallest absolute Gasteiger partial charge is 0.238 e. The van der Waals surface area contributed by atoms with Crippen LogP contribution in [-0.4, -0.2) is 24.1 Å². The molecule has 0 unspecified atom stereocenters. The SMILES string of the molecule is c1ccc(-c2ccc(-n3c4ccccc4c4c3ccc3c5ccccc5n(-c5nc(-c6ccccc6)nc(-c6ccc7oc8ccccc8c7c6)n5)c34)c(-c3ccccc3)c2)cc1. The van der Waals surface area contributed by atoms with Gasteiger partial charge in [-0.1, -0.05) is 158 Å².